The van der Waals surface area contributed by atoms with Crippen molar-refractivity contribution in [3.63, 3.8) is 0 Å². The second-order valence-electron chi connectivity index (χ2n) is 6.10. The lowest BCUT2D eigenvalue weighted by molar-refractivity contribution is 0.600. The molecule has 0 saturated heterocycles. The molecule has 0 amide bonds. The van der Waals surface area contributed by atoms with Gasteiger partial charge < -0.3 is 0 Å². The molecule has 3 rings (SSSR count). The fourth-order valence-corrected chi connectivity index (χ4v) is 3.99. The molecule has 3 aromatic rings. The van der Waals surface area contributed by atoms with Crippen molar-refractivity contribution >= 4 is 15.7 Å². The number of hydrogen-bond donors (Lipinski definition) is 1. The van der Waals surface area contributed by atoms with Crippen molar-refractivity contribution in [1.82, 2.24) is 9.78 Å². The predicted molar refractivity (Wildman–Crippen MR) is 99.1 cm³/mol. The van der Waals surface area contributed by atoms with E-state index < -0.39 is 10.0 Å². The van der Waals surface area contributed by atoms with Gasteiger partial charge in [-0.3, -0.25) is 9.40 Å². The summed E-state index contributed by atoms with van der Waals surface area (Å²) in [6.45, 7) is 4.35. The standard InChI is InChI=1S/C19H21N3O2S/c1-15-8-9-16(2)19(12-15)25(23,24)21-18-13-20-22(14-18)11-10-17-6-4-3-5-7-17/h3-9,12-14,21H,10-11H2,1-2H3. The topological polar surface area (TPSA) is 64.0 Å². The Kier molecular flexibility index (Phi) is 4.90. The van der Waals surface area contributed by atoms with Gasteiger partial charge in [-0.25, -0.2) is 8.42 Å². The predicted octanol–water partition coefficient (Wildman–Crippen LogP) is 3.54. The van der Waals surface area contributed by atoms with E-state index >= 15 is 0 Å². The summed E-state index contributed by atoms with van der Waals surface area (Å²) in [4.78, 5) is 0.296. The highest BCUT2D eigenvalue weighted by Gasteiger charge is 2.17. The van der Waals surface area contributed by atoms with Gasteiger partial charge in [-0.05, 0) is 43.0 Å². The number of anilines is 1. The van der Waals surface area contributed by atoms with Crippen LogP contribution in [-0.2, 0) is 23.0 Å². The van der Waals surface area contributed by atoms with Crippen LogP contribution in [-0.4, -0.2) is 18.2 Å². The maximum absolute atomic E-state index is 12.6. The second kappa shape index (κ2) is 7.11. The third-order valence-corrected chi connectivity index (χ3v) is 5.51. The van der Waals surface area contributed by atoms with Crippen LogP contribution in [0.3, 0.4) is 0 Å². The Morgan fingerprint density at radius 3 is 2.60 bits per heavy atom. The van der Waals surface area contributed by atoms with Gasteiger partial charge in [0.1, 0.15) is 0 Å². The molecule has 130 valence electrons. The Bertz CT molecular complexity index is 963. The van der Waals surface area contributed by atoms with Crippen LogP contribution in [0.5, 0.6) is 0 Å². The Morgan fingerprint density at radius 1 is 1.08 bits per heavy atom. The molecular formula is C19H21N3O2S. The van der Waals surface area contributed by atoms with Gasteiger partial charge in [-0.1, -0.05) is 42.5 Å². The smallest absolute Gasteiger partial charge is 0.262 e. The minimum absolute atomic E-state index is 0.296. The van der Waals surface area contributed by atoms with Gasteiger partial charge in [0.2, 0.25) is 0 Å². The molecule has 0 bridgehead atoms. The van der Waals surface area contributed by atoms with Gasteiger partial charge in [0.05, 0.1) is 16.8 Å². The van der Waals surface area contributed by atoms with Gasteiger partial charge in [-0.15, -0.1) is 0 Å². The third-order valence-electron chi connectivity index (χ3n) is 3.99. The number of benzene rings is 2. The third kappa shape index (κ3) is 4.28. The molecular weight excluding hydrogens is 334 g/mol. The molecule has 0 atom stereocenters. The van der Waals surface area contributed by atoms with Gasteiger partial charge >= 0.3 is 0 Å². The highest BCUT2D eigenvalue weighted by atomic mass is 32.2. The first-order valence-corrected chi connectivity index (χ1v) is 9.59. The lowest BCUT2D eigenvalue weighted by Crippen LogP contribution is -2.14. The SMILES string of the molecule is Cc1ccc(C)c(S(=O)(=O)Nc2cnn(CCc3ccccc3)c2)c1. The molecule has 0 aliphatic rings. The van der Waals surface area contributed by atoms with Crippen LogP contribution < -0.4 is 4.72 Å². The summed E-state index contributed by atoms with van der Waals surface area (Å²) >= 11 is 0. The molecule has 0 spiro atoms. The zero-order valence-electron chi connectivity index (χ0n) is 14.3. The lowest BCUT2D eigenvalue weighted by atomic mass is 10.1. The van der Waals surface area contributed by atoms with Crippen LogP contribution in [0.25, 0.3) is 0 Å². The van der Waals surface area contributed by atoms with Gasteiger partial charge in [-0.2, -0.15) is 5.10 Å². The van der Waals surface area contributed by atoms with Gasteiger partial charge in [0, 0.05) is 12.7 Å². The number of nitrogens with one attached hydrogen (secondary N) is 1. The minimum atomic E-state index is -3.62. The molecule has 0 saturated carbocycles. The lowest BCUT2D eigenvalue weighted by Gasteiger charge is -2.09. The van der Waals surface area contributed by atoms with Crippen LogP contribution >= 0.6 is 0 Å². The molecule has 6 heteroatoms. The van der Waals surface area contributed by atoms with Crippen molar-refractivity contribution in [3.8, 4) is 0 Å². The van der Waals surface area contributed by atoms with Crippen LogP contribution in [0.4, 0.5) is 5.69 Å². The van der Waals surface area contributed by atoms with Crippen molar-refractivity contribution < 1.29 is 8.42 Å². The summed E-state index contributed by atoms with van der Waals surface area (Å²) < 4.78 is 29.6. The molecule has 0 unspecified atom stereocenters. The Labute approximate surface area is 148 Å². The van der Waals surface area contributed by atoms with E-state index in [1.54, 1.807) is 23.9 Å². The zero-order valence-corrected chi connectivity index (χ0v) is 15.1. The van der Waals surface area contributed by atoms with E-state index in [4.69, 9.17) is 0 Å². The summed E-state index contributed by atoms with van der Waals surface area (Å²) in [6.07, 6.45) is 4.09. The monoisotopic (exact) mass is 355 g/mol. The van der Waals surface area contributed by atoms with Gasteiger partial charge in [0.15, 0.2) is 0 Å². The fraction of sp³-hybridized carbons (Fsp3) is 0.211. The van der Waals surface area contributed by atoms with Crippen molar-refractivity contribution in [2.45, 2.75) is 31.7 Å². The molecule has 25 heavy (non-hydrogen) atoms. The Balaban J connectivity index is 1.71. The summed E-state index contributed by atoms with van der Waals surface area (Å²) in [5, 5.41) is 4.24. The number of rotatable bonds is 6. The largest absolute Gasteiger partial charge is 0.276 e. The van der Waals surface area contributed by atoms with E-state index in [1.807, 2.05) is 37.3 Å². The van der Waals surface area contributed by atoms with E-state index in [9.17, 15) is 8.42 Å². The second-order valence-corrected chi connectivity index (χ2v) is 7.75. The zero-order chi connectivity index (χ0) is 17.9. The molecule has 2 aromatic carbocycles. The number of aryl methyl sites for hydroxylation is 4. The Morgan fingerprint density at radius 2 is 1.84 bits per heavy atom. The maximum atomic E-state index is 12.6. The normalized spacial score (nSPS) is 11.4. The van der Waals surface area contributed by atoms with Crippen LogP contribution in [0.2, 0.25) is 0 Å². The fourth-order valence-electron chi connectivity index (χ4n) is 2.63. The Hall–Kier alpha value is -2.60. The van der Waals surface area contributed by atoms with Crippen molar-refractivity contribution in [3.05, 3.63) is 77.6 Å². The summed E-state index contributed by atoms with van der Waals surface area (Å²) in [5.41, 5.74) is 3.31. The number of aromatic nitrogens is 2. The summed E-state index contributed by atoms with van der Waals surface area (Å²) in [7, 11) is -3.62. The highest BCUT2D eigenvalue weighted by Crippen LogP contribution is 2.20. The van der Waals surface area contributed by atoms with Crippen LogP contribution in [0.15, 0.2) is 65.8 Å². The average molecular weight is 355 g/mol. The summed E-state index contributed by atoms with van der Waals surface area (Å²) in [6, 6.07) is 15.5. The molecule has 1 heterocycles. The quantitative estimate of drug-likeness (QED) is 0.735. The first kappa shape index (κ1) is 17.2. The first-order chi connectivity index (χ1) is 11.9. The molecule has 5 nitrogen and oxygen atoms in total. The number of hydrogen-bond acceptors (Lipinski definition) is 3. The van der Waals surface area contributed by atoms with Crippen molar-refractivity contribution in [2.75, 3.05) is 4.72 Å². The van der Waals surface area contributed by atoms with E-state index in [-0.39, 0.29) is 0 Å². The molecule has 1 N–H and O–H groups in total. The van der Waals surface area contributed by atoms with Crippen molar-refractivity contribution in [2.24, 2.45) is 0 Å². The molecule has 0 aliphatic heterocycles. The van der Waals surface area contributed by atoms with Crippen molar-refractivity contribution in [1.29, 1.82) is 0 Å². The van der Waals surface area contributed by atoms with E-state index in [2.05, 4.69) is 22.0 Å². The highest BCUT2D eigenvalue weighted by molar-refractivity contribution is 7.92. The number of sulfonamides is 1. The summed E-state index contributed by atoms with van der Waals surface area (Å²) in [5.74, 6) is 0. The minimum Gasteiger partial charge on any atom is -0.276 e. The first-order valence-electron chi connectivity index (χ1n) is 8.10. The molecule has 0 fully saturated rings. The molecule has 0 aliphatic carbocycles. The van der Waals surface area contributed by atoms with E-state index in [1.165, 1.54) is 11.8 Å². The van der Waals surface area contributed by atoms with E-state index in [0.717, 1.165) is 17.5 Å². The van der Waals surface area contributed by atoms with E-state index in [0.29, 0.717) is 17.1 Å². The number of nitrogens with zero attached hydrogens (tertiary/aromatic N) is 2. The average Bonchev–Trinajstić information content (AvgIpc) is 3.03. The maximum Gasteiger partial charge on any atom is 0.262 e. The van der Waals surface area contributed by atoms with Crippen LogP contribution in [0.1, 0.15) is 16.7 Å². The van der Waals surface area contributed by atoms with Crippen LogP contribution in [0, 0.1) is 13.8 Å². The molecule has 1 aromatic heterocycles. The van der Waals surface area contributed by atoms with Gasteiger partial charge in [0.25, 0.3) is 10.0 Å². The molecule has 0 radical (unpaired) electrons.